The first-order chi connectivity index (χ1) is 12.4. The highest BCUT2D eigenvalue weighted by molar-refractivity contribution is 6.03. The van der Waals surface area contributed by atoms with Crippen LogP contribution in [0.4, 0.5) is 11.4 Å². The quantitative estimate of drug-likeness (QED) is 0.526. The van der Waals surface area contributed by atoms with Crippen LogP contribution in [0, 0.1) is 13.8 Å². The molecule has 0 saturated carbocycles. The molecule has 3 aromatic rings. The van der Waals surface area contributed by atoms with E-state index in [1.54, 1.807) is 0 Å². The highest BCUT2D eigenvalue weighted by Crippen LogP contribution is 2.19. The number of aliphatic imine (C=N–C) groups is 2. The van der Waals surface area contributed by atoms with Crippen LogP contribution < -0.4 is 0 Å². The molecule has 0 amide bonds. The maximum absolute atomic E-state index is 4.75. The van der Waals surface area contributed by atoms with E-state index in [0.29, 0.717) is 0 Å². The number of hydrogen-bond donors (Lipinski definition) is 0. The fourth-order valence-corrected chi connectivity index (χ4v) is 2.98. The van der Waals surface area contributed by atoms with E-state index in [0.717, 1.165) is 34.2 Å². The molecule has 0 aliphatic carbocycles. The van der Waals surface area contributed by atoms with Crippen molar-refractivity contribution in [3.8, 4) is 0 Å². The molecule has 0 unspecified atom stereocenters. The van der Waals surface area contributed by atoms with Gasteiger partial charge in [0.1, 0.15) is 0 Å². The van der Waals surface area contributed by atoms with Crippen molar-refractivity contribution in [2.24, 2.45) is 17.0 Å². The zero-order chi connectivity index (χ0) is 18.7. The first kappa shape index (κ1) is 17.9. The molecule has 3 nitrogen and oxygen atoms in total. The third-order valence-electron chi connectivity index (χ3n) is 4.52. The highest BCUT2D eigenvalue weighted by Gasteiger charge is 2.10. The molecule has 3 rings (SSSR count). The van der Waals surface area contributed by atoms with E-state index >= 15 is 0 Å². The summed E-state index contributed by atoms with van der Waals surface area (Å²) in [6.07, 6.45) is 0. The van der Waals surface area contributed by atoms with Crippen molar-refractivity contribution in [3.63, 3.8) is 0 Å². The number of hydrogen-bond acceptors (Lipinski definition) is 2. The van der Waals surface area contributed by atoms with Crippen molar-refractivity contribution >= 4 is 22.8 Å². The van der Waals surface area contributed by atoms with Crippen molar-refractivity contribution in [2.45, 2.75) is 27.7 Å². The first-order valence-corrected chi connectivity index (χ1v) is 8.84. The van der Waals surface area contributed by atoms with Crippen LogP contribution in [0.3, 0.4) is 0 Å². The van der Waals surface area contributed by atoms with E-state index in [9.17, 15) is 0 Å². The molecule has 0 aliphatic heterocycles. The fourth-order valence-electron chi connectivity index (χ4n) is 2.98. The van der Waals surface area contributed by atoms with Gasteiger partial charge in [-0.05, 0) is 64.1 Å². The number of aryl methyl sites for hydroxylation is 2. The summed E-state index contributed by atoms with van der Waals surface area (Å²) in [6, 6.07) is 20.7. The van der Waals surface area contributed by atoms with E-state index in [4.69, 9.17) is 9.98 Å². The molecule has 0 saturated heterocycles. The molecule has 0 spiro atoms. The lowest BCUT2D eigenvalue weighted by Gasteiger charge is -2.08. The minimum atomic E-state index is 0.973. The van der Waals surface area contributed by atoms with Crippen LogP contribution in [-0.4, -0.2) is 16.0 Å². The van der Waals surface area contributed by atoms with Crippen molar-refractivity contribution in [1.82, 2.24) is 4.57 Å². The molecule has 2 aromatic carbocycles. The number of aromatic nitrogens is 1. The SMILES string of the molecule is CC(=Nc1ccc(C)cc1)c1ccc(C(C)=Nc2ccc(C)cc2)n1C. The van der Waals surface area contributed by atoms with Crippen LogP contribution in [0.1, 0.15) is 36.4 Å². The zero-order valence-corrected chi connectivity index (χ0v) is 16.1. The molecule has 0 N–H and O–H groups in total. The summed E-state index contributed by atoms with van der Waals surface area (Å²) in [4.78, 5) is 9.51. The Morgan fingerprint density at radius 2 is 0.962 bits per heavy atom. The van der Waals surface area contributed by atoms with Crippen LogP contribution in [0.2, 0.25) is 0 Å². The normalized spacial score (nSPS) is 12.5. The smallest absolute Gasteiger partial charge is 0.0633 e. The number of rotatable bonds is 4. The first-order valence-electron chi connectivity index (χ1n) is 8.84. The second kappa shape index (κ2) is 7.52. The van der Waals surface area contributed by atoms with Gasteiger partial charge in [-0.25, -0.2) is 0 Å². The predicted molar refractivity (Wildman–Crippen MR) is 112 cm³/mol. The van der Waals surface area contributed by atoms with Gasteiger partial charge < -0.3 is 4.57 Å². The van der Waals surface area contributed by atoms with Crippen LogP contribution in [-0.2, 0) is 7.05 Å². The Labute approximate surface area is 155 Å². The van der Waals surface area contributed by atoms with E-state index in [1.165, 1.54) is 11.1 Å². The summed E-state index contributed by atoms with van der Waals surface area (Å²) < 4.78 is 2.15. The molecule has 0 atom stereocenters. The minimum absolute atomic E-state index is 0.973. The van der Waals surface area contributed by atoms with Crippen molar-refractivity contribution in [3.05, 3.63) is 83.2 Å². The van der Waals surface area contributed by atoms with Gasteiger partial charge in [-0.1, -0.05) is 35.4 Å². The summed E-state index contributed by atoms with van der Waals surface area (Å²) in [7, 11) is 2.06. The average molecular weight is 343 g/mol. The molecule has 0 radical (unpaired) electrons. The van der Waals surface area contributed by atoms with Gasteiger partial charge in [0.05, 0.1) is 34.2 Å². The second-order valence-corrected chi connectivity index (χ2v) is 6.73. The van der Waals surface area contributed by atoms with Gasteiger partial charge in [0.25, 0.3) is 0 Å². The Balaban J connectivity index is 1.89. The lowest BCUT2D eigenvalue weighted by molar-refractivity contribution is 0.900. The lowest BCUT2D eigenvalue weighted by atomic mass is 10.2. The molecular formula is C23H25N3. The third kappa shape index (κ3) is 3.99. The van der Waals surface area contributed by atoms with E-state index < -0.39 is 0 Å². The Hall–Kier alpha value is -2.94. The molecule has 1 aromatic heterocycles. The molecule has 26 heavy (non-hydrogen) atoms. The van der Waals surface area contributed by atoms with Crippen LogP contribution in [0.25, 0.3) is 0 Å². The summed E-state index contributed by atoms with van der Waals surface area (Å²) in [6.45, 7) is 8.26. The maximum atomic E-state index is 4.75. The molecular weight excluding hydrogens is 318 g/mol. The minimum Gasteiger partial charge on any atom is -0.342 e. The standard InChI is InChI=1S/C23H25N3/c1-16-6-10-20(11-7-16)24-18(3)22-14-15-23(26(22)5)19(4)25-21-12-8-17(2)9-13-21/h6-15H,1-5H3. The second-order valence-electron chi connectivity index (χ2n) is 6.73. The van der Waals surface area contributed by atoms with Crippen LogP contribution in [0.5, 0.6) is 0 Å². The van der Waals surface area contributed by atoms with Crippen molar-refractivity contribution in [2.75, 3.05) is 0 Å². The Kier molecular flexibility index (Phi) is 5.17. The van der Waals surface area contributed by atoms with Gasteiger partial charge >= 0.3 is 0 Å². The van der Waals surface area contributed by atoms with Gasteiger partial charge in [-0.3, -0.25) is 9.98 Å². The summed E-state index contributed by atoms with van der Waals surface area (Å²) in [5.41, 5.74) is 8.60. The van der Waals surface area contributed by atoms with Crippen molar-refractivity contribution < 1.29 is 0 Å². The van der Waals surface area contributed by atoms with Gasteiger partial charge in [-0.2, -0.15) is 0 Å². The zero-order valence-electron chi connectivity index (χ0n) is 16.1. The molecule has 1 heterocycles. The Morgan fingerprint density at radius 3 is 1.31 bits per heavy atom. The summed E-state index contributed by atoms with van der Waals surface area (Å²) >= 11 is 0. The molecule has 132 valence electrons. The summed E-state index contributed by atoms with van der Waals surface area (Å²) in [5, 5.41) is 0. The van der Waals surface area contributed by atoms with Crippen molar-refractivity contribution in [1.29, 1.82) is 0 Å². The molecule has 3 heteroatoms. The number of benzene rings is 2. The van der Waals surface area contributed by atoms with Crippen LogP contribution >= 0.6 is 0 Å². The van der Waals surface area contributed by atoms with E-state index in [1.807, 2.05) is 38.1 Å². The predicted octanol–water partition coefficient (Wildman–Crippen LogP) is 5.92. The molecule has 0 bridgehead atoms. The van der Waals surface area contributed by atoms with Gasteiger partial charge in [0.15, 0.2) is 0 Å². The number of nitrogens with zero attached hydrogens (tertiary/aromatic N) is 3. The fraction of sp³-hybridized carbons (Fsp3) is 0.217. The van der Waals surface area contributed by atoms with Gasteiger partial charge in [-0.15, -0.1) is 0 Å². The Bertz CT molecular complexity index is 877. The van der Waals surface area contributed by atoms with Crippen LogP contribution in [0.15, 0.2) is 70.6 Å². The monoisotopic (exact) mass is 343 g/mol. The maximum Gasteiger partial charge on any atom is 0.0633 e. The van der Waals surface area contributed by atoms with E-state index in [2.05, 4.69) is 61.9 Å². The highest BCUT2D eigenvalue weighted by atomic mass is 15.0. The third-order valence-corrected chi connectivity index (χ3v) is 4.52. The lowest BCUT2D eigenvalue weighted by Crippen LogP contribution is -2.09. The molecule has 0 fully saturated rings. The topological polar surface area (TPSA) is 29.6 Å². The van der Waals surface area contributed by atoms with Gasteiger partial charge in [0.2, 0.25) is 0 Å². The largest absolute Gasteiger partial charge is 0.342 e. The average Bonchev–Trinajstić information content (AvgIpc) is 3.00. The van der Waals surface area contributed by atoms with Gasteiger partial charge in [0, 0.05) is 7.05 Å². The Morgan fingerprint density at radius 1 is 0.615 bits per heavy atom. The summed E-state index contributed by atoms with van der Waals surface area (Å²) in [5.74, 6) is 0. The molecule has 0 aliphatic rings. The van der Waals surface area contributed by atoms with E-state index in [-0.39, 0.29) is 0 Å².